The van der Waals surface area contributed by atoms with Crippen LogP contribution in [0.15, 0.2) is 4.99 Å². The highest BCUT2D eigenvalue weighted by Gasteiger charge is 2.22. The SMILES string of the molecule is CCNC(=NCCCCC(C)(C)C)NC1CCc2nc(COC)nn2C1.I. The molecule has 0 aromatic carbocycles. The molecule has 0 radical (unpaired) electrons. The number of hydrogen-bond acceptors (Lipinski definition) is 4. The van der Waals surface area contributed by atoms with Crippen LogP contribution in [0, 0.1) is 5.41 Å². The Morgan fingerprint density at radius 2 is 2.11 bits per heavy atom. The number of guanidine groups is 1. The van der Waals surface area contributed by atoms with Gasteiger partial charge in [-0.3, -0.25) is 4.99 Å². The van der Waals surface area contributed by atoms with Gasteiger partial charge in [0.15, 0.2) is 11.8 Å². The molecule has 27 heavy (non-hydrogen) atoms. The van der Waals surface area contributed by atoms with Gasteiger partial charge in [-0.05, 0) is 31.6 Å². The van der Waals surface area contributed by atoms with Gasteiger partial charge in [0.2, 0.25) is 0 Å². The van der Waals surface area contributed by atoms with Crippen molar-refractivity contribution in [2.75, 3.05) is 20.2 Å². The van der Waals surface area contributed by atoms with E-state index in [1.807, 2.05) is 4.68 Å². The second kappa shape index (κ2) is 11.8. The maximum absolute atomic E-state index is 5.13. The normalized spacial score (nSPS) is 17.2. The molecule has 1 atom stereocenters. The minimum absolute atomic E-state index is 0. The first kappa shape index (κ1) is 24.1. The molecule has 7 nitrogen and oxygen atoms in total. The number of unbranched alkanes of at least 4 members (excludes halogenated alkanes) is 1. The van der Waals surface area contributed by atoms with Gasteiger partial charge in [0.05, 0.1) is 6.54 Å². The molecule has 0 aliphatic carbocycles. The minimum Gasteiger partial charge on any atom is -0.377 e. The number of nitrogens with zero attached hydrogens (tertiary/aromatic N) is 4. The van der Waals surface area contributed by atoms with E-state index in [1.54, 1.807) is 7.11 Å². The van der Waals surface area contributed by atoms with Gasteiger partial charge >= 0.3 is 0 Å². The third kappa shape index (κ3) is 8.76. The maximum Gasteiger partial charge on any atom is 0.191 e. The molecule has 1 aliphatic heterocycles. The molecule has 1 aliphatic rings. The molecule has 0 bridgehead atoms. The quantitative estimate of drug-likeness (QED) is 0.253. The smallest absolute Gasteiger partial charge is 0.191 e. The van der Waals surface area contributed by atoms with Crippen LogP contribution < -0.4 is 10.6 Å². The summed E-state index contributed by atoms with van der Waals surface area (Å²) in [5, 5.41) is 11.5. The van der Waals surface area contributed by atoms with E-state index in [1.165, 1.54) is 12.8 Å². The van der Waals surface area contributed by atoms with Crippen molar-refractivity contribution < 1.29 is 4.74 Å². The Morgan fingerprint density at radius 3 is 2.78 bits per heavy atom. The van der Waals surface area contributed by atoms with Crippen LogP contribution in [0.2, 0.25) is 0 Å². The molecule has 0 spiro atoms. The monoisotopic (exact) mass is 492 g/mol. The lowest BCUT2D eigenvalue weighted by atomic mass is 9.90. The van der Waals surface area contributed by atoms with Crippen LogP contribution in [0.5, 0.6) is 0 Å². The van der Waals surface area contributed by atoms with Crippen molar-refractivity contribution in [3.8, 4) is 0 Å². The number of fused-ring (bicyclic) bond motifs is 1. The van der Waals surface area contributed by atoms with Gasteiger partial charge in [0.1, 0.15) is 12.4 Å². The van der Waals surface area contributed by atoms with Crippen LogP contribution in [-0.4, -0.2) is 47.0 Å². The highest BCUT2D eigenvalue weighted by molar-refractivity contribution is 14.0. The first-order chi connectivity index (χ1) is 12.4. The summed E-state index contributed by atoms with van der Waals surface area (Å²) in [5.41, 5.74) is 0.408. The van der Waals surface area contributed by atoms with E-state index in [0.717, 1.165) is 56.5 Å². The summed E-state index contributed by atoms with van der Waals surface area (Å²) >= 11 is 0. The Hall–Kier alpha value is -0.900. The molecule has 0 saturated carbocycles. The average molecular weight is 492 g/mol. The van der Waals surface area contributed by atoms with E-state index in [4.69, 9.17) is 9.73 Å². The predicted octanol–water partition coefficient (Wildman–Crippen LogP) is 3.13. The summed E-state index contributed by atoms with van der Waals surface area (Å²) in [6.07, 6.45) is 5.57. The topological polar surface area (TPSA) is 76.4 Å². The molecule has 8 heteroatoms. The van der Waals surface area contributed by atoms with Crippen LogP contribution in [0.3, 0.4) is 0 Å². The van der Waals surface area contributed by atoms with Gasteiger partial charge in [0, 0.05) is 32.7 Å². The number of aromatic nitrogens is 3. The molecule has 1 aromatic heterocycles. The summed E-state index contributed by atoms with van der Waals surface area (Å²) in [6, 6.07) is 0.326. The zero-order valence-corrected chi connectivity index (χ0v) is 19.9. The molecule has 0 amide bonds. The van der Waals surface area contributed by atoms with Gasteiger partial charge in [-0.2, -0.15) is 5.10 Å². The standard InChI is InChI=1S/C19H36N6O.HI/c1-6-20-18(21-12-8-7-11-19(2,3)4)22-15-9-10-17-23-16(14-26-5)24-25(17)13-15;/h15H,6-14H2,1-5H3,(H2,20,21,22);1H. The minimum atomic E-state index is 0. The van der Waals surface area contributed by atoms with Crippen molar-refractivity contribution in [3.63, 3.8) is 0 Å². The molecule has 0 fully saturated rings. The number of aliphatic imine (C=N–C) groups is 1. The van der Waals surface area contributed by atoms with Gasteiger partial charge in [-0.25, -0.2) is 9.67 Å². The van der Waals surface area contributed by atoms with Crippen LogP contribution >= 0.6 is 24.0 Å². The lowest BCUT2D eigenvalue weighted by Gasteiger charge is -2.25. The Balaban J connectivity index is 0.00000364. The second-order valence-electron chi connectivity index (χ2n) is 8.22. The Morgan fingerprint density at radius 1 is 1.33 bits per heavy atom. The predicted molar refractivity (Wildman–Crippen MR) is 121 cm³/mol. The summed E-state index contributed by atoms with van der Waals surface area (Å²) < 4.78 is 7.13. The van der Waals surface area contributed by atoms with Crippen molar-refractivity contribution >= 4 is 29.9 Å². The van der Waals surface area contributed by atoms with E-state index in [2.05, 4.69) is 48.4 Å². The Kier molecular flexibility index (Phi) is 10.6. The number of aryl methyl sites for hydroxylation is 1. The molecule has 2 heterocycles. The summed E-state index contributed by atoms with van der Waals surface area (Å²) in [4.78, 5) is 9.28. The van der Waals surface area contributed by atoms with E-state index in [-0.39, 0.29) is 24.0 Å². The largest absolute Gasteiger partial charge is 0.377 e. The fraction of sp³-hybridized carbons (Fsp3) is 0.842. The number of ether oxygens (including phenoxy) is 1. The molecule has 1 aromatic rings. The van der Waals surface area contributed by atoms with Crippen LogP contribution in [0.25, 0.3) is 0 Å². The highest BCUT2D eigenvalue weighted by Crippen LogP contribution is 2.21. The van der Waals surface area contributed by atoms with Gasteiger partial charge in [-0.15, -0.1) is 24.0 Å². The molecular weight excluding hydrogens is 455 g/mol. The Labute approximate surface area is 181 Å². The van der Waals surface area contributed by atoms with Gasteiger partial charge in [0.25, 0.3) is 0 Å². The third-order valence-electron chi connectivity index (χ3n) is 4.47. The first-order valence-electron chi connectivity index (χ1n) is 9.87. The fourth-order valence-electron chi connectivity index (χ4n) is 3.14. The summed E-state index contributed by atoms with van der Waals surface area (Å²) in [6.45, 7) is 12.0. The number of methoxy groups -OCH3 is 1. The molecule has 2 rings (SSSR count). The van der Waals surface area contributed by atoms with E-state index >= 15 is 0 Å². The van der Waals surface area contributed by atoms with Crippen LogP contribution in [-0.2, 0) is 24.3 Å². The van der Waals surface area contributed by atoms with Crippen molar-refractivity contribution in [2.45, 2.75) is 79.0 Å². The van der Waals surface area contributed by atoms with Crippen molar-refractivity contribution in [1.82, 2.24) is 25.4 Å². The number of nitrogens with one attached hydrogen (secondary N) is 2. The fourth-order valence-corrected chi connectivity index (χ4v) is 3.14. The van der Waals surface area contributed by atoms with Gasteiger partial charge in [-0.1, -0.05) is 27.2 Å². The lowest BCUT2D eigenvalue weighted by molar-refractivity contribution is 0.177. The van der Waals surface area contributed by atoms with Crippen LogP contribution in [0.1, 0.15) is 65.0 Å². The third-order valence-corrected chi connectivity index (χ3v) is 4.47. The second-order valence-corrected chi connectivity index (χ2v) is 8.22. The zero-order chi connectivity index (χ0) is 19.0. The summed E-state index contributed by atoms with van der Waals surface area (Å²) in [7, 11) is 1.67. The molecule has 156 valence electrons. The zero-order valence-electron chi connectivity index (χ0n) is 17.5. The maximum atomic E-state index is 5.13. The highest BCUT2D eigenvalue weighted by atomic mass is 127. The van der Waals surface area contributed by atoms with E-state index in [0.29, 0.717) is 18.1 Å². The molecular formula is C19H37IN6O. The van der Waals surface area contributed by atoms with E-state index < -0.39 is 0 Å². The number of halogens is 1. The first-order valence-corrected chi connectivity index (χ1v) is 9.87. The molecule has 0 saturated heterocycles. The number of hydrogen-bond donors (Lipinski definition) is 2. The van der Waals surface area contributed by atoms with Crippen molar-refractivity contribution in [1.29, 1.82) is 0 Å². The van der Waals surface area contributed by atoms with E-state index in [9.17, 15) is 0 Å². The van der Waals surface area contributed by atoms with Crippen LogP contribution in [0.4, 0.5) is 0 Å². The lowest BCUT2D eigenvalue weighted by Crippen LogP contribution is -2.47. The van der Waals surface area contributed by atoms with Crippen molar-refractivity contribution in [3.05, 3.63) is 11.6 Å². The summed E-state index contributed by atoms with van der Waals surface area (Å²) in [5.74, 6) is 2.73. The Bertz CT molecular complexity index is 581. The molecule has 2 N–H and O–H groups in total. The van der Waals surface area contributed by atoms with Gasteiger partial charge < -0.3 is 15.4 Å². The number of rotatable bonds is 8. The molecule has 1 unspecified atom stereocenters. The van der Waals surface area contributed by atoms with Crippen molar-refractivity contribution in [2.24, 2.45) is 10.4 Å². The average Bonchev–Trinajstić information content (AvgIpc) is 2.95.